The van der Waals surface area contributed by atoms with Crippen LogP contribution in [-0.4, -0.2) is 50.8 Å². The van der Waals surface area contributed by atoms with E-state index in [-0.39, 0.29) is 18.4 Å². The van der Waals surface area contributed by atoms with Crippen molar-refractivity contribution in [3.63, 3.8) is 0 Å². The van der Waals surface area contributed by atoms with E-state index >= 15 is 0 Å². The molecule has 1 aliphatic heterocycles. The van der Waals surface area contributed by atoms with Crippen LogP contribution in [0.15, 0.2) is 36.7 Å². The molecule has 180 valence electrons. The number of aryl methyl sites for hydroxylation is 1. The van der Waals surface area contributed by atoms with Gasteiger partial charge >= 0.3 is 0 Å². The van der Waals surface area contributed by atoms with Gasteiger partial charge in [-0.05, 0) is 44.7 Å². The average Bonchev–Trinajstić information content (AvgIpc) is 2.84. The molecular formula is C24H28ClN5O4. The number of pyridine rings is 1. The van der Waals surface area contributed by atoms with Crippen LogP contribution in [0.25, 0.3) is 11.0 Å². The van der Waals surface area contributed by atoms with E-state index < -0.39 is 11.5 Å². The number of aliphatic hydroxyl groups is 1. The normalized spacial score (nSPS) is 21.5. The van der Waals surface area contributed by atoms with Gasteiger partial charge in [0.2, 0.25) is 0 Å². The topological polar surface area (TPSA) is 118 Å². The minimum atomic E-state index is -1.41. The number of ether oxygens (including phenoxy) is 2. The van der Waals surface area contributed by atoms with Crippen LogP contribution >= 0.6 is 12.4 Å². The number of anilines is 1. The molecule has 3 N–H and O–H groups in total. The second-order valence-corrected chi connectivity index (χ2v) is 8.64. The molecule has 1 fully saturated rings. The number of para-hydroxylation sites is 1. The van der Waals surface area contributed by atoms with Crippen LogP contribution in [0.2, 0.25) is 0 Å². The number of halogens is 1. The maximum absolute atomic E-state index is 13.0. The van der Waals surface area contributed by atoms with Crippen molar-refractivity contribution >= 4 is 35.0 Å². The summed E-state index contributed by atoms with van der Waals surface area (Å²) in [7, 11) is 0. The molecule has 0 bridgehead atoms. The number of carbonyl (C=O) groups excluding carboxylic acids is 1. The van der Waals surface area contributed by atoms with E-state index in [9.17, 15) is 9.90 Å². The van der Waals surface area contributed by atoms with Gasteiger partial charge in [-0.25, -0.2) is 4.98 Å². The van der Waals surface area contributed by atoms with E-state index in [1.165, 1.54) is 0 Å². The summed E-state index contributed by atoms with van der Waals surface area (Å²) < 4.78 is 11.1. The van der Waals surface area contributed by atoms with E-state index in [2.05, 4.69) is 25.6 Å². The smallest absolute Gasteiger partial charge is 0.256 e. The quantitative estimate of drug-likeness (QED) is 0.504. The molecule has 2 aromatic heterocycles. The monoisotopic (exact) mass is 485 g/mol. The lowest BCUT2D eigenvalue weighted by Crippen LogP contribution is -2.48. The van der Waals surface area contributed by atoms with Crippen molar-refractivity contribution in [1.82, 2.24) is 20.3 Å². The Hall–Kier alpha value is -3.01. The van der Waals surface area contributed by atoms with Gasteiger partial charge in [-0.15, -0.1) is 12.4 Å². The fourth-order valence-electron chi connectivity index (χ4n) is 4.32. The molecule has 1 saturated carbocycles. The van der Waals surface area contributed by atoms with Crippen LogP contribution in [0.1, 0.15) is 37.1 Å². The van der Waals surface area contributed by atoms with Crippen molar-refractivity contribution in [3.8, 4) is 11.5 Å². The van der Waals surface area contributed by atoms with Crippen molar-refractivity contribution in [2.45, 2.75) is 50.8 Å². The molecule has 10 heteroatoms. The molecule has 34 heavy (non-hydrogen) atoms. The summed E-state index contributed by atoms with van der Waals surface area (Å²) in [5, 5.41) is 17.4. The van der Waals surface area contributed by atoms with Crippen LogP contribution < -0.4 is 20.1 Å². The fraction of sp³-hybridized carbons (Fsp3) is 0.417. The molecule has 1 amide bonds. The van der Waals surface area contributed by atoms with Crippen molar-refractivity contribution in [1.29, 1.82) is 0 Å². The Morgan fingerprint density at radius 1 is 1.15 bits per heavy atom. The predicted molar refractivity (Wildman–Crippen MR) is 129 cm³/mol. The number of carbonyl (C=O) groups is 1. The van der Waals surface area contributed by atoms with Gasteiger partial charge in [0.25, 0.3) is 5.91 Å². The number of amides is 1. The van der Waals surface area contributed by atoms with Crippen LogP contribution in [0, 0.1) is 6.92 Å². The Morgan fingerprint density at radius 2 is 1.91 bits per heavy atom. The standard InChI is InChI=1S/C24H27N5O4.ClH/c1-15-12-27-18-3-2-4-19(22(18)28-15)29-23(30)24(31)7-5-16(6-8-24)25-13-17-11-20-21(14-26-17)33-10-9-32-20;/h2-4,11-12,14,16,25,31H,5-10,13H2,1H3,(H,29,30);1H/t16-,24+;. The number of aromatic nitrogens is 3. The Labute approximate surface area is 203 Å². The molecule has 2 aliphatic rings. The minimum Gasteiger partial charge on any atom is -0.486 e. The average molecular weight is 486 g/mol. The third kappa shape index (κ3) is 5.06. The van der Waals surface area contributed by atoms with Crippen LogP contribution in [0.5, 0.6) is 11.5 Å². The molecule has 1 aliphatic carbocycles. The van der Waals surface area contributed by atoms with E-state index in [4.69, 9.17) is 9.47 Å². The highest BCUT2D eigenvalue weighted by molar-refractivity contribution is 6.02. The summed E-state index contributed by atoms with van der Waals surface area (Å²) in [5.74, 6) is 0.993. The second kappa shape index (κ2) is 10.1. The molecular weight excluding hydrogens is 458 g/mol. The van der Waals surface area contributed by atoms with Crippen molar-refractivity contribution in [2.75, 3.05) is 18.5 Å². The van der Waals surface area contributed by atoms with Gasteiger partial charge in [-0.2, -0.15) is 0 Å². The molecule has 0 spiro atoms. The summed E-state index contributed by atoms with van der Waals surface area (Å²) >= 11 is 0. The largest absolute Gasteiger partial charge is 0.486 e. The summed E-state index contributed by atoms with van der Waals surface area (Å²) in [6.07, 6.45) is 5.50. The number of rotatable bonds is 5. The first-order valence-corrected chi connectivity index (χ1v) is 11.2. The van der Waals surface area contributed by atoms with Gasteiger partial charge < -0.3 is 25.2 Å². The fourth-order valence-corrected chi connectivity index (χ4v) is 4.32. The highest BCUT2D eigenvalue weighted by Gasteiger charge is 2.40. The molecule has 0 atom stereocenters. The van der Waals surface area contributed by atoms with E-state index in [0.717, 1.165) is 17.1 Å². The number of fused-ring (bicyclic) bond motifs is 2. The van der Waals surface area contributed by atoms with Gasteiger partial charge in [-0.3, -0.25) is 14.8 Å². The van der Waals surface area contributed by atoms with Crippen LogP contribution in [-0.2, 0) is 11.3 Å². The van der Waals surface area contributed by atoms with Gasteiger partial charge in [0, 0.05) is 24.8 Å². The highest BCUT2D eigenvalue weighted by atomic mass is 35.5. The Balaban J connectivity index is 0.00000274. The predicted octanol–water partition coefficient (Wildman–Crippen LogP) is 2.93. The number of nitrogens with zero attached hydrogens (tertiary/aromatic N) is 3. The Kier molecular flexibility index (Phi) is 7.16. The minimum absolute atomic E-state index is 0. The zero-order chi connectivity index (χ0) is 22.8. The maximum Gasteiger partial charge on any atom is 0.256 e. The molecule has 0 saturated heterocycles. The molecule has 3 heterocycles. The third-order valence-corrected chi connectivity index (χ3v) is 6.24. The summed E-state index contributed by atoms with van der Waals surface area (Å²) in [4.78, 5) is 26.2. The molecule has 5 rings (SSSR count). The van der Waals surface area contributed by atoms with E-state index in [0.29, 0.717) is 67.9 Å². The Bertz CT molecular complexity index is 1180. The number of benzene rings is 1. The Morgan fingerprint density at radius 3 is 2.71 bits per heavy atom. The lowest BCUT2D eigenvalue weighted by molar-refractivity contribution is -0.137. The lowest BCUT2D eigenvalue weighted by Gasteiger charge is -2.35. The molecule has 1 aromatic carbocycles. The van der Waals surface area contributed by atoms with Crippen LogP contribution in [0.4, 0.5) is 5.69 Å². The first-order valence-electron chi connectivity index (χ1n) is 11.2. The summed E-state index contributed by atoms with van der Waals surface area (Å²) in [5.41, 5.74) is 2.11. The zero-order valence-electron chi connectivity index (χ0n) is 18.9. The molecule has 3 aromatic rings. The first kappa shape index (κ1) is 24.1. The van der Waals surface area contributed by atoms with Gasteiger partial charge in [0.05, 0.1) is 28.8 Å². The van der Waals surface area contributed by atoms with Gasteiger partial charge in [0.1, 0.15) is 24.3 Å². The van der Waals surface area contributed by atoms with Gasteiger partial charge in [0.15, 0.2) is 11.5 Å². The highest BCUT2D eigenvalue weighted by Crippen LogP contribution is 2.32. The first-order chi connectivity index (χ1) is 16.0. The van der Waals surface area contributed by atoms with Gasteiger partial charge in [-0.1, -0.05) is 6.07 Å². The maximum atomic E-state index is 13.0. The summed E-state index contributed by atoms with van der Waals surface area (Å²) in [6, 6.07) is 7.53. The zero-order valence-corrected chi connectivity index (χ0v) is 19.7. The van der Waals surface area contributed by atoms with Crippen LogP contribution in [0.3, 0.4) is 0 Å². The third-order valence-electron chi connectivity index (χ3n) is 6.24. The SMILES string of the molecule is Cc1cnc2cccc(NC(=O)[C@]3(O)CC[C@@H](NCc4cc5c(cn4)OCCO5)CC3)c2n1.Cl. The van der Waals surface area contributed by atoms with E-state index in [1.54, 1.807) is 18.5 Å². The van der Waals surface area contributed by atoms with Crippen molar-refractivity contribution < 1.29 is 19.4 Å². The molecule has 0 unspecified atom stereocenters. The van der Waals surface area contributed by atoms with E-state index in [1.807, 2.05) is 25.1 Å². The number of hydrogen-bond acceptors (Lipinski definition) is 8. The van der Waals surface area contributed by atoms with Crippen molar-refractivity contribution in [3.05, 3.63) is 48.0 Å². The van der Waals surface area contributed by atoms with Crippen molar-refractivity contribution in [2.24, 2.45) is 0 Å². The summed E-state index contributed by atoms with van der Waals surface area (Å²) in [6.45, 7) is 3.52. The number of nitrogens with one attached hydrogen (secondary N) is 2. The molecule has 0 radical (unpaired) electrons. The lowest BCUT2D eigenvalue weighted by atomic mass is 9.81. The second-order valence-electron chi connectivity index (χ2n) is 8.64. The molecule has 9 nitrogen and oxygen atoms in total. The number of hydrogen-bond donors (Lipinski definition) is 3.